The molecular formula is C17H11FN2O3S2. The lowest BCUT2D eigenvalue weighted by atomic mass is 10.0. The highest BCUT2D eigenvalue weighted by Gasteiger charge is 2.27. The van der Waals surface area contributed by atoms with Crippen molar-refractivity contribution in [2.24, 2.45) is 0 Å². The number of thiazole rings is 1. The summed E-state index contributed by atoms with van der Waals surface area (Å²) >= 11 is 1.16. The van der Waals surface area contributed by atoms with Crippen LogP contribution in [0, 0.1) is 24.1 Å². The minimum Gasteiger partial charge on any atom is -0.288 e. The van der Waals surface area contributed by atoms with Crippen molar-refractivity contribution in [1.82, 2.24) is 4.40 Å². The molecule has 8 heteroatoms. The van der Waals surface area contributed by atoms with Crippen molar-refractivity contribution in [3.63, 3.8) is 0 Å². The number of nitrogens with zero attached hydrogens (tertiary/aromatic N) is 2. The number of nitriles is 1. The normalized spacial score (nSPS) is 12.1. The minimum atomic E-state index is -1.73. The predicted molar refractivity (Wildman–Crippen MR) is 93.2 cm³/mol. The molecule has 0 aliphatic carbocycles. The third-order valence-electron chi connectivity index (χ3n) is 3.71. The Hall–Kier alpha value is -2.63. The zero-order chi connectivity index (χ0) is 18.3. The highest BCUT2D eigenvalue weighted by molar-refractivity contribution is 7.84. The maximum Gasteiger partial charge on any atom is 0.275 e. The van der Waals surface area contributed by atoms with Gasteiger partial charge >= 0.3 is 0 Å². The first-order valence-corrected chi connectivity index (χ1v) is 9.51. The molecule has 0 radical (unpaired) electrons. The van der Waals surface area contributed by atoms with E-state index in [2.05, 4.69) is 0 Å². The molecule has 5 nitrogen and oxygen atoms in total. The zero-order valence-corrected chi connectivity index (χ0v) is 14.8. The monoisotopic (exact) mass is 374 g/mol. The Kier molecular flexibility index (Phi) is 4.37. The van der Waals surface area contributed by atoms with Crippen LogP contribution in [-0.2, 0) is 10.8 Å². The maximum absolute atomic E-state index is 13.1. The topological polar surface area (TPSA) is 79.4 Å². The van der Waals surface area contributed by atoms with E-state index in [4.69, 9.17) is 0 Å². The van der Waals surface area contributed by atoms with Gasteiger partial charge in [-0.25, -0.2) is 4.39 Å². The quantitative estimate of drug-likeness (QED) is 0.660. The molecule has 0 spiro atoms. The lowest BCUT2D eigenvalue weighted by Gasteiger charge is -2.11. The summed E-state index contributed by atoms with van der Waals surface area (Å²) in [6.07, 6.45) is 1.31. The molecule has 2 aromatic heterocycles. The highest BCUT2D eigenvalue weighted by atomic mass is 32.2. The molecule has 0 saturated carbocycles. The van der Waals surface area contributed by atoms with Crippen LogP contribution in [0.1, 0.15) is 27.2 Å². The molecular weight excluding hydrogens is 363 g/mol. The average molecular weight is 374 g/mol. The van der Waals surface area contributed by atoms with E-state index in [0.717, 1.165) is 23.5 Å². The fraction of sp³-hybridized carbons (Fsp3) is 0.118. The molecule has 0 aliphatic heterocycles. The van der Waals surface area contributed by atoms with Gasteiger partial charge in [-0.05, 0) is 31.2 Å². The first-order chi connectivity index (χ1) is 11.9. The van der Waals surface area contributed by atoms with E-state index < -0.39 is 28.0 Å². The number of aryl methyl sites for hydroxylation is 1. The fourth-order valence-corrected chi connectivity index (χ4v) is 4.59. The van der Waals surface area contributed by atoms with Gasteiger partial charge in [-0.1, -0.05) is 0 Å². The van der Waals surface area contributed by atoms with Crippen molar-refractivity contribution in [2.75, 3.05) is 6.26 Å². The zero-order valence-electron chi connectivity index (χ0n) is 13.2. The van der Waals surface area contributed by atoms with Crippen molar-refractivity contribution in [1.29, 1.82) is 5.26 Å². The first-order valence-electron chi connectivity index (χ1n) is 7.07. The standard InChI is InChI=1S/C17H11FN2O3S2/c1-9-8-24-17-13(14(21)10-3-5-11(18)6-4-10)15(25(2)23)12(7-19)16(22)20(9)17/h3-6,8H,1-2H3. The molecule has 0 bridgehead atoms. The van der Waals surface area contributed by atoms with E-state index in [0.29, 0.717) is 10.5 Å². The third kappa shape index (κ3) is 2.71. The SMILES string of the molecule is Cc1csc2c(C(=O)c3ccc(F)cc3)c(S(C)=O)c(C#N)c(=O)n12. The van der Waals surface area contributed by atoms with Crippen molar-refractivity contribution in [2.45, 2.75) is 11.8 Å². The van der Waals surface area contributed by atoms with Crippen LogP contribution in [-0.4, -0.2) is 20.6 Å². The Labute approximate surface area is 148 Å². The van der Waals surface area contributed by atoms with Crippen LogP contribution in [0.4, 0.5) is 4.39 Å². The van der Waals surface area contributed by atoms with Gasteiger partial charge in [-0.2, -0.15) is 5.26 Å². The molecule has 0 amide bonds. The smallest absolute Gasteiger partial charge is 0.275 e. The Morgan fingerprint density at radius 3 is 2.52 bits per heavy atom. The number of benzene rings is 1. The highest BCUT2D eigenvalue weighted by Crippen LogP contribution is 2.28. The van der Waals surface area contributed by atoms with E-state index in [1.54, 1.807) is 18.4 Å². The molecule has 25 heavy (non-hydrogen) atoms. The van der Waals surface area contributed by atoms with Gasteiger partial charge in [0.05, 0.1) is 21.3 Å². The van der Waals surface area contributed by atoms with Gasteiger partial charge in [0.25, 0.3) is 5.56 Å². The first kappa shape index (κ1) is 17.2. The van der Waals surface area contributed by atoms with Crippen molar-refractivity contribution < 1.29 is 13.4 Å². The number of carbonyl (C=O) groups is 1. The number of halogens is 1. The van der Waals surface area contributed by atoms with Crippen LogP contribution < -0.4 is 5.56 Å². The Bertz CT molecular complexity index is 1140. The third-order valence-corrected chi connectivity index (χ3v) is 5.77. The van der Waals surface area contributed by atoms with Gasteiger partial charge in [0, 0.05) is 22.9 Å². The summed E-state index contributed by atoms with van der Waals surface area (Å²) < 4.78 is 26.7. The number of pyridine rings is 1. The fourth-order valence-electron chi connectivity index (χ4n) is 2.59. The summed E-state index contributed by atoms with van der Waals surface area (Å²) in [5.74, 6) is -1.00. The van der Waals surface area contributed by atoms with Crippen LogP contribution in [0.25, 0.3) is 4.83 Å². The Balaban J connectivity index is 2.46. The summed E-state index contributed by atoms with van der Waals surface area (Å²) in [5.41, 5.74) is -0.115. The molecule has 2 heterocycles. The maximum atomic E-state index is 13.1. The van der Waals surface area contributed by atoms with Gasteiger partial charge < -0.3 is 0 Å². The van der Waals surface area contributed by atoms with Gasteiger partial charge in [0.1, 0.15) is 22.3 Å². The molecule has 0 saturated heterocycles. The van der Waals surface area contributed by atoms with Crippen LogP contribution >= 0.6 is 11.3 Å². The Morgan fingerprint density at radius 1 is 1.32 bits per heavy atom. The van der Waals surface area contributed by atoms with Crippen LogP contribution in [0.2, 0.25) is 0 Å². The van der Waals surface area contributed by atoms with Crippen LogP contribution in [0.5, 0.6) is 0 Å². The van der Waals surface area contributed by atoms with E-state index in [1.807, 2.05) is 0 Å². The minimum absolute atomic E-state index is 0.0432. The van der Waals surface area contributed by atoms with E-state index in [9.17, 15) is 23.5 Å². The van der Waals surface area contributed by atoms with Crippen LogP contribution in [0.3, 0.4) is 0 Å². The summed E-state index contributed by atoms with van der Waals surface area (Å²) in [6, 6.07) is 6.70. The van der Waals surface area contributed by atoms with E-state index in [1.165, 1.54) is 22.8 Å². The average Bonchev–Trinajstić information content (AvgIpc) is 2.96. The molecule has 0 fully saturated rings. The van der Waals surface area contributed by atoms with Crippen molar-refractivity contribution >= 4 is 32.7 Å². The molecule has 0 aliphatic rings. The van der Waals surface area contributed by atoms with Crippen molar-refractivity contribution in [3.05, 3.63) is 68.2 Å². The van der Waals surface area contributed by atoms with Crippen LogP contribution in [0.15, 0.2) is 39.3 Å². The number of aromatic nitrogens is 1. The molecule has 1 aromatic carbocycles. The second-order valence-electron chi connectivity index (χ2n) is 5.30. The second kappa shape index (κ2) is 6.35. The number of hydrogen-bond donors (Lipinski definition) is 0. The number of rotatable bonds is 3. The molecule has 3 aromatic rings. The predicted octanol–water partition coefficient (Wildman–Crippen LogP) is 2.65. The molecule has 126 valence electrons. The second-order valence-corrected chi connectivity index (χ2v) is 7.48. The Morgan fingerprint density at radius 2 is 1.96 bits per heavy atom. The van der Waals surface area contributed by atoms with Gasteiger partial charge in [-0.15, -0.1) is 11.3 Å². The number of fused-ring (bicyclic) bond motifs is 1. The van der Waals surface area contributed by atoms with Gasteiger partial charge in [0.15, 0.2) is 5.78 Å². The molecule has 1 atom stereocenters. The molecule has 3 rings (SSSR count). The largest absolute Gasteiger partial charge is 0.288 e. The van der Waals surface area contributed by atoms with E-state index >= 15 is 0 Å². The summed E-state index contributed by atoms with van der Waals surface area (Å²) in [4.78, 5) is 25.8. The summed E-state index contributed by atoms with van der Waals surface area (Å²) in [6.45, 7) is 1.68. The van der Waals surface area contributed by atoms with E-state index in [-0.39, 0.29) is 21.6 Å². The number of hydrogen-bond acceptors (Lipinski definition) is 5. The number of carbonyl (C=O) groups excluding carboxylic acids is 1. The lowest BCUT2D eigenvalue weighted by molar-refractivity contribution is 0.103. The molecule has 0 N–H and O–H groups in total. The summed E-state index contributed by atoms with van der Waals surface area (Å²) in [7, 11) is -1.73. The summed E-state index contributed by atoms with van der Waals surface area (Å²) in [5, 5.41) is 11.1. The van der Waals surface area contributed by atoms with Crippen molar-refractivity contribution in [3.8, 4) is 6.07 Å². The van der Waals surface area contributed by atoms with Gasteiger partial charge in [0.2, 0.25) is 0 Å². The molecule has 1 unspecified atom stereocenters. The lowest BCUT2D eigenvalue weighted by Crippen LogP contribution is -2.23. The van der Waals surface area contributed by atoms with Gasteiger partial charge in [-0.3, -0.25) is 18.2 Å². The number of ketones is 1.